The molecule has 43 heavy (non-hydrogen) atoms. The minimum atomic E-state index is -0.805. The van der Waals surface area contributed by atoms with E-state index in [0.29, 0.717) is 26.4 Å². The Hall–Kier alpha value is -2.12. The molecule has 0 unspecified atom stereocenters. The van der Waals surface area contributed by atoms with Gasteiger partial charge in [-0.1, -0.05) is 118 Å². The Morgan fingerprint density at radius 1 is 0.488 bits per heavy atom. The lowest BCUT2D eigenvalue weighted by Crippen LogP contribution is -2.54. The lowest BCUT2D eigenvalue weighted by molar-refractivity contribution is -0.366. The van der Waals surface area contributed by atoms with Gasteiger partial charge in [-0.15, -0.1) is 0 Å². The molecule has 2 aliphatic heterocycles. The first-order valence-corrected chi connectivity index (χ1v) is 15.7. The molecule has 0 atom stereocenters. The number of hydrogen-bond donors (Lipinski definition) is 0. The fraction of sp³-hybridized carbons (Fsp3) is 0.676. The van der Waals surface area contributed by atoms with Gasteiger partial charge < -0.3 is 28.4 Å². The van der Waals surface area contributed by atoms with Crippen molar-refractivity contribution in [3.8, 4) is 11.5 Å². The summed E-state index contributed by atoms with van der Waals surface area (Å²) in [6.45, 7) is 30.8. The molecule has 0 radical (unpaired) electrons. The smallest absolute Gasteiger partial charge is 0.315 e. The summed E-state index contributed by atoms with van der Waals surface area (Å²) in [7, 11) is 0. The zero-order valence-electron chi connectivity index (χ0n) is 29.2. The number of ether oxygens (including phenoxy) is 6. The zero-order chi connectivity index (χ0) is 32.2. The second kappa shape index (κ2) is 11.7. The number of rotatable bonds is 4. The van der Waals surface area contributed by atoms with Gasteiger partial charge in [0.2, 0.25) is 0 Å². The van der Waals surface area contributed by atoms with Crippen LogP contribution in [0.2, 0.25) is 0 Å². The minimum absolute atomic E-state index is 0.103. The van der Waals surface area contributed by atoms with Gasteiger partial charge in [0.05, 0.1) is 31.8 Å². The normalized spacial score (nSPS) is 23.9. The standard InChI is InChI=1S/C37H56O6/c1-23-15-25(33(3,4)5)29(26(16-23)34(6,7)8)42-31-38-19-37(20-39-31)21-40-32(41-22-37)43-30-27(35(9,10)11)17-24(2)18-28(30)36(12,13)14/h15-18,31-32H,19-22H2,1-14H3. The lowest BCUT2D eigenvalue weighted by Gasteiger charge is -2.43. The minimum Gasteiger partial charge on any atom is -0.441 e. The van der Waals surface area contributed by atoms with E-state index in [1.165, 1.54) is 11.1 Å². The van der Waals surface area contributed by atoms with Crippen LogP contribution in [0.5, 0.6) is 11.5 Å². The Balaban J connectivity index is 1.46. The summed E-state index contributed by atoms with van der Waals surface area (Å²) < 4.78 is 37.8. The van der Waals surface area contributed by atoms with Crippen LogP contribution in [0.4, 0.5) is 0 Å². The van der Waals surface area contributed by atoms with Crippen molar-refractivity contribution >= 4 is 0 Å². The monoisotopic (exact) mass is 596 g/mol. The molecule has 6 heteroatoms. The number of hydrogen-bond acceptors (Lipinski definition) is 6. The Bertz CT molecular complexity index is 1110. The first kappa shape index (κ1) is 33.8. The average molecular weight is 597 g/mol. The van der Waals surface area contributed by atoms with Crippen LogP contribution in [0.15, 0.2) is 24.3 Å². The van der Waals surface area contributed by atoms with Crippen molar-refractivity contribution < 1.29 is 28.4 Å². The lowest BCUT2D eigenvalue weighted by atomic mass is 9.78. The largest absolute Gasteiger partial charge is 0.441 e. The van der Waals surface area contributed by atoms with Crippen molar-refractivity contribution in [2.75, 3.05) is 26.4 Å². The fourth-order valence-corrected chi connectivity index (χ4v) is 5.68. The molecular weight excluding hydrogens is 540 g/mol. The Morgan fingerprint density at radius 3 is 0.930 bits per heavy atom. The van der Waals surface area contributed by atoms with E-state index in [2.05, 4.69) is 121 Å². The Morgan fingerprint density at radius 2 is 0.721 bits per heavy atom. The highest BCUT2D eigenvalue weighted by atomic mass is 16.9. The number of aryl methyl sites for hydroxylation is 2. The molecule has 0 saturated carbocycles. The topological polar surface area (TPSA) is 55.4 Å². The average Bonchev–Trinajstić information content (AvgIpc) is 2.86. The predicted octanol–water partition coefficient (Wildman–Crippen LogP) is 8.60. The van der Waals surface area contributed by atoms with Gasteiger partial charge in [0.25, 0.3) is 0 Å². The SMILES string of the molecule is Cc1cc(C(C)(C)C)c(OC2OCC3(CO2)COC(Oc2c(C(C)(C)C)cc(C)cc2C(C)(C)C)OC3)c(C(C)(C)C)c1. The van der Waals surface area contributed by atoms with E-state index in [0.717, 1.165) is 33.8 Å². The third-order valence-electron chi connectivity index (χ3n) is 8.23. The molecule has 2 fully saturated rings. The molecule has 2 saturated heterocycles. The first-order chi connectivity index (χ1) is 19.6. The molecule has 2 heterocycles. The molecule has 0 aliphatic carbocycles. The summed E-state index contributed by atoms with van der Waals surface area (Å²) in [5, 5.41) is 0. The highest BCUT2D eigenvalue weighted by Crippen LogP contribution is 2.44. The maximum absolute atomic E-state index is 6.51. The molecule has 2 aliphatic rings. The molecule has 2 aromatic carbocycles. The quantitative estimate of drug-likeness (QED) is 0.352. The van der Waals surface area contributed by atoms with E-state index in [1.54, 1.807) is 0 Å². The van der Waals surface area contributed by atoms with Crippen LogP contribution in [-0.4, -0.2) is 39.4 Å². The van der Waals surface area contributed by atoms with E-state index in [1.807, 2.05) is 0 Å². The molecule has 240 valence electrons. The Labute approximate surface area is 260 Å². The van der Waals surface area contributed by atoms with Gasteiger partial charge in [0.1, 0.15) is 11.5 Å². The van der Waals surface area contributed by atoms with Crippen LogP contribution in [-0.2, 0) is 40.6 Å². The van der Waals surface area contributed by atoms with Crippen molar-refractivity contribution in [1.29, 1.82) is 0 Å². The summed E-state index contributed by atoms with van der Waals surface area (Å²) >= 11 is 0. The van der Waals surface area contributed by atoms with Gasteiger partial charge in [-0.3, -0.25) is 0 Å². The third kappa shape index (κ3) is 7.76. The first-order valence-electron chi connectivity index (χ1n) is 15.7. The predicted molar refractivity (Wildman–Crippen MR) is 172 cm³/mol. The fourth-order valence-electron chi connectivity index (χ4n) is 5.68. The van der Waals surface area contributed by atoms with Gasteiger partial charge in [0, 0.05) is 22.3 Å². The van der Waals surface area contributed by atoms with Crippen molar-refractivity contribution in [1.82, 2.24) is 0 Å². The molecule has 0 N–H and O–H groups in total. The van der Waals surface area contributed by atoms with Crippen LogP contribution in [0.3, 0.4) is 0 Å². The van der Waals surface area contributed by atoms with Crippen LogP contribution in [0.25, 0.3) is 0 Å². The molecule has 0 bridgehead atoms. The van der Waals surface area contributed by atoms with Gasteiger partial charge in [-0.25, -0.2) is 0 Å². The Kier molecular flexibility index (Phi) is 9.16. The maximum Gasteiger partial charge on any atom is 0.315 e. The van der Waals surface area contributed by atoms with E-state index in [-0.39, 0.29) is 21.7 Å². The summed E-state index contributed by atoms with van der Waals surface area (Å²) in [5.41, 5.74) is 6.18. The van der Waals surface area contributed by atoms with Crippen molar-refractivity contribution in [3.63, 3.8) is 0 Å². The van der Waals surface area contributed by atoms with Gasteiger partial charge in [0.15, 0.2) is 0 Å². The van der Waals surface area contributed by atoms with Crippen LogP contribution >= 0.6 is 0 Å². The third-order valence-corrected chi connectivity index (χ3v) is 8.23. The van der Waals surface area contributed by atoms with Crippen molar-refractivity contribution in [2.45, 2.75) is 132 Å². The summed E-state index contributed by atoms with van der Waals surface area (Å²) in [5.74, 6) is 1.69. The molecule has 0 amide bonds. The molecule has 6 nitrogen and oxygen atoms in total. The van der Waals surface area contributed by atoms with Crippen molar-refractivity contribution in [3.05, 3.63) is 57.6 Å². The molecule has 1 spiro atoms. The van der Waals surface area contributed by atoms with Gasteiger partial charge in [-0.05, 0) is 35.5 Å². The second-order valence-electron chi connectivity index (χ2n) is 16.9. The van der Waals surface area contributed by atoms with Crippen LogP contribution < -0.4 is 9.47 Å². The van der Waals surface area contributed by atoms with Gasteiger partial charge in [-0.2, -0.15) is 0 Å². The highest BCUT2D eigenvalue weighted by molar-refractivity contribution is 5.51. The van der Waals surface area contributed by atoms with Crippen LogP contribution in [0, 0.1) is 19.3 Å². The molecule has 0 aromatic heterocycles. The van der Waals surface area contributed by atoms with E-state index < -0.39 is 18.4 Å². The van der Waals surface area contributed by atoms with Crippen LogP contribution in [0.1, 0.15) is 116 Å². The zero-order valence-corrected chi connectivity index (χ0v) is 29.2. The number of benzene rings is 2. The maximum atomic E-state index is 6.51. The molecule has 4 rings (SSSR count). The summed E-state index contributed by atoms with van der Waals surface area (Å²) in [4.78, 5) is 0. The second-order valence-corrected chi connectivity index (χ2v) is 16.9. The van der Waals surface area contributed by atoms with Gasteiger partial charge >= 0.3 is 13.0 Å². The highest BCUT2D eigenvalue weighted by Gasteiger charge is 2.44. The van der Waals surface area contributed by atoms with E-state index >= 15 is 0 Å². The summed E-state index contributed by atoms with van der Waals surface area (Å²) in [6, 6.07) is 8.84. The van der Waals surface area contributed by atoms with E-state index in [4.69, 9.17) is 28.4 Å². The van der Waals surface area contributed by atoms with E-state index in [9.17, 15) is 0 Å². The van der Waals surface area contributed by atoms with Crippen molar-refractivity contribution in [2.24, 2.45) is 5.41 Å². The molecular formula is C37H56O6. The summed E-state index contributed by atoms with van der Waals surface area (Å²) in [6.07, 6.45) is 0. The molecule has 2 aromatic rings.